The van der Waals surface area contributed by atoms with Crippen molar-refractivity contribution in [1.82, 2.24) is 9.62 Å². The lowest BCUT2D eigenvalue weighted by Crippen LogP contribution is -2.51. The van der Waals surface area contributed by atoms with Crippen LogP contribution in [-0.2, 0) is 11.2 Å². The minimum Gasteiger partial charge on any atom is -0.334 e. The third-order valence-corrected chi connectivity index (χ3v) is 8.64. The van der Waals surface area contributed by atoms with Crippen LogP contribution < -0.4 is 4.72 Å². The first-order valence-corrected chi connectivity index (χ1v) is 13.3. The normalized spacial score (nSPS) is 30.3. The smallest absolute Gasteiger partial charge is 0.226 e. The van der Waals surface area contributed by atoms with E-state index in [-0.39, 0.29) is 24.8 Å². The fourth-order valence-corrected chi connectivity index (χ4v) is 6.74. The molecule has 1 aliphatic heterocycles. The van der Waals surface area contributed by atoms with Crippen molar-refractivity contribution in [3.8, 4) is 11.1 Å². The highest BCUT2D eigenvalue weighted by atomic mass is 32.2. The first-order valence-electron chi connectivity index (χ1n) is 12.3. The fraction of sp³-hybridized carbons (Fsp3) is 0.519. The molecule has 0 radical (unpaired) electrons. The Morgan fingerprint density at radius 1 is 1.15 bits per heavy atom. The van der Waals surface area contributed by atoms with Crippen molar-refractivity contribution in [3.05, 3.63) is 59.7 Å². The van der Waals surface area contributed by atoms with Crippen molar-refractivity contribution in [2.75, 3.05) is 12.3 Å². The Kier molecular flexibility index (Phi) is 6.94. The van der Waals surface area contributed by atoms with Crippen molar-refractivity contribution in [2.24, 2.45) is 17.8 Å². The number of benzene rings is 2. The Labute approximate surface area is 203 Å². The maximum atomic E-state index is 15.6. The number of fused-ring (bicyclic) bond motifs is 2. The van der Waals surface area contributed by atoms with E-state index in [2.05, 4.69) is 4.72 Å². The summed E-state index contributed by atoms with van der Waals surface area (Å²) in [5.74, 6) is 1.05. The molecule has 1 N–H and O–H groups in total. The van der Waals surface area contributed by atoms with Crippen LogP contribution >= 0.6 is 11.9 Å². The number of nitrogens with zero attached hydrogens (tertiary/aromatic N) is 1. The predicted molar refractivity (Wildman–Crippen MR) is 130 cm³/mol. The van der Waals surface area contributed by atoms with Gasteiger partial charge in [0.15, 0.2) is 0 Å². The van der Waals surface area contributed by atoms with Crippen LogP contribution in [0.1, 0.15) is 38.2 Å². The van der Waals surface area contributed by atoms with Crippen LogP contribution in [0, 0.1) is 29.4 Å². The summed E-state index contributed by atoms with van der Waals surface area (Å²) >= 11 is 1.42. The molecular formula is C27H31F3N2OS. The summed E-state index contributed by atoms with van der Waals surface area (Å²) in [6.45, 7) is 2.03. The SMILES string of the molecule is CCSN[C@H]1[C@@H](F)CN(C(=O)C2CCC3CC2C3)[C@H]1Cc1cccc(-c2cccc(F)c2)c1F. The van der Waals surface area contributed by atoms with Gasteiger partial charge in [0.05, 0.1) is 18.6 Å². The number of carbonyl (C=O) groups is 1. The molecule has 1 saturated heterocycles. The number of halogens is 3. The monoisotopic (exact) mass is 488 g/mol. The van der Waals surface area contributed by atoms with Gasteiger partial charge in [-0.3, -0.25) is 9.52 Å². The number of rotatable bonds is 7. The van der Waals surface area contributed by atoms with Crippen LogP contribution in [0.25, 0.3) is 11.1 Å². The van der Waals surface area contributed by atoms with Crippen molar-refractivity contribution < 1.29 is 18.0 Å². The minimum atomic E-state index is -1.21. The molecule has 4 aliphatic rings. The second-order valence-corrected chi connectivity index (χ2v) is 11.0. The number of amides is 1. The van der Waals surface area contributed by atoms with Gasteiger partial charge < -0.3 is 4.90 Å². The standard InChI is InChI=1S/C27H31F3N2OS/c1-2-34-31-26-23(29)15-32(27(33)22-10-9-16-11-19(22)12-16)24(26)14-18-6-4-8-21(25(18)30)17-5-3-7-20(28)13-17/h3-8,13,16,19,22-24,26,31H,2,9-12,14-15H2,1H3/t16?,19?,22?,23-,24-,26-/m0/s1. The molecule has 6 rings (SSSR count). The van der Waals surface area contributed by atoms with Crippen LogP contribution in [-0.4, -0.2) is 41.4 Å². The number of nitrogens with one attached hydrogen (secondary N) is 1. The molecule has 7 heteroatoms. The van der Waals surface area contributed by atoms with E-state index in [9.17, 15) is 9.18 Å². The molecule has 4 fully saturated rings. The third-order valence-electron chi connectivity index (χ3n) is 7.91. The second-order valence-electron chi connectivity index (χ2n) is 9.93. The number of carbonyl (C=O) groups excluding carboxylic acids is 1. The maximum Gasteiger partial charge on any atom is 0.226 e. The van der Waals surface area contributed by atoms with Crippen molar-refractivity contribution >= 4 is 17.9 Å². The van der Waals surface area contributed by atoms with Gasteiger partial charge >= 0.3 is 0 Å². The van der Waals surface area contributed by atoms with E-state index in [1.165, 1.54) is 24.1 Å². The zero-order valence-electron chi connectivity index (χ0n) is 19.4. The molecule has 2 aromatic rings. The van der Waals surface area contributed by atoms with Gasteiger partial charge in [0, 0.05) is 17.2 Å². The van der Waals surface area contributed by atoms with Crippen molar-refractivity contribution in [1.29, 1.82) is 0 Å². The van der Waals surface area contributed by atoms with E-state index in [0.29, 0.717) is 22.6 Å². The number of hydrogen-bond acceptors (Lipinski definition) is 3. The maximum absolute atomic E-state index is 15.6. The summed E-state index contributed by atoms with van der Waals surface area (Å²) in [7, 11) is 0. The predicted octanol–water partition coefficient (Wildman–Crippen LogP) is 5.79. The van der Waals surface area contributed by atoms with Gasteiger partial charge in [-0.25, -0.2) is 13.2 Å². The quantitative estimate of drug-likeness (QED) is 0.501. The zero-order valence-corrected chi connectivity index (χ0v) is 20.2. The lowest BCUT2D eigenvalue weighted by Gasteiger charge is -2.47. The van der Waals surface area contributed by atoms with Gasteiger partial charge in [-0.15, -0.1) is 0 Å². The number of hydrogen-bond donors (Lipinski definition) is 1. The molecule has 182 valence electrons. The Bertz CT molecular complexity index is 1040. The van der Waals surface area contributed by atoms with Gasteiger partial charge in [0.1, 0.15) is 17.8 Å². The zero-order chi connectivity index (χ0) is 23.8. The molecule has 2 bridgehead atoms. The molecule has 3 saturated carbocycles. The highest BCUT2D eigenvalue weighted by Gasteiger charge is 2.50. The molecule has 1 unspecified atom stereocenters. The third kappa shape index (κ3) is 4.49. The largest absolute Gasteiger partial charge is 0.334 e. The second kappa shape index (κ2) is 9.94. The molecular weight excluding hydrogens is 457 g/mol. The van der Waals surface area contributed by atoms with Gasteiger partial charge in [0.2, 0.25) is 5.91 Å². The Hall–Kier alpha value is -1.99. The summed E-state index contributed by atoms with van der Waals surface area (Å²) in [6, 6.07) is 9.87. The van der Waals surface area contributed by atoms with Crippen LogP contribution in [0.3, 0.4) is 0 Å². The van der Waals surface area contributed by atoms with E-state index in [1.54, 1.807) is 35.2 Å². The Balaban J connectivity index is 1.43. The summed E-state index contributed by atoms with van der Waals surface area (Å²) in [5.41, 5.74) is 1.18. The first kappa shape index (κ1) is 23.7. The molecule has 1 heterocycles. The van der Waals surface area contributed by atoms with Gasteiger partial charge in [-0.1, -0.05) is 49.2 Å². The topological polar surface area (TPSA) is 32.3 Å². The van der Waals surface area contributed by atoms with E-state index in [4.69, 9.17) is 0 Å². The minimum absolute atomic E-state index is 0.0308. The van der Waals surface area contributed by atoms with Crippen molar-refractivity contribution in [3.63, 3.8) is 0 Å². The average Bonchev–Trinajstić information content (AvgIpc) is 3.12. The molecule has 3 aliphatic carbocycles. The van der Waals surface area contributed by atoms with Crippen molar-refractivity contribution in [2.45, 2.75) is 57.3 Å². The Morgan fingerprint density at radius 3 is 2.65 bits per heavy atom. The van der Waals surface area contributed by atoms with E-state index in [1.807, 2.05) is 6.92 Å². The average molecular weight is 489 g/mol. The summed E-state index contributed by atoms with van der Waals surface area (Å²) in [4.78, 5) is 15.3. The first-order chi connectivity index (χ1) is 16.5. The van der Waals surface area contributed by atoms with Crippen LogP contribution in [0.2, 0.25) is 0 Å². The van der Waals surface area contributed by atoms with Gasteiger partial charge in [-0.05, 0) is 67.2 Å². The molecule has 1 amide bonds. The molecule has 4 atom stereocenters. The molecule has 34 heavy (non-hydrogen) atoms. The fourth-order valence-electron chi connectivity index (χ4n) is 6.08. The highest BCUT2D eigenvalue weighted by molar-refractivity contribution is 7.97. The van der Waals surface area contributed by atoms with E-state index in [0.717, 1.165) is 37.4 Å². The molecule has 3 nitrogen and oxygen atoms in total. The van der Waals surface area contributed by atoms with E-state index >= 15 is 8.78 Å². The van der Waals surface area contributed by atoms with Gasteiger partial charge in [0.25, 0.3) is 0 Å². The lowest BCUT2D eigenvalue weighted by atomic mass is 9.59. The van der Waals surface area contributed by atoms with Crippen LogP contribution in [0.4, 0.5) is 13.2 Å². The van der Waals surface area contributed by atoms with Crippen LogP contribution in [0.15, 0.2) is 42.5 Å². The number of alkyl halides is 1. The highest BCUT2D eigenvalue weighted by Crippen LogP contribution is 2.50. The summed E-state index contributed by atoms with van der Waals surface area (Å²) < 4.78 is 47.8. The lowest BCUT2D eigenvalue weighted by molar-refractivity contribution is -0.143. The molecule has 0 aromatic heterocycles. The summed E-state index contributed by atoms with van der Waals surface area (Å²) in [5, 5.41) is 0. The van der Waals surface area contributed by atoms with Gasteiger partial charge in [-0.2, -0.15) is 0 Å². The number of likely N-dealkylation sites (tertiary alicyclic amines) is 1. The van der Waals surface area contributed by atoms with Crippen LogP contribution in [0.5, 0.6) is 0 Å². The van der Waals surface area contributed by atoms with E-state index < -0.39 is 29.9 Å². The molecule has 0 spiro atoms. The summed E-state index contributed by atoms with van der Waals surface area (Å²) in [6.07, 6.45) is 3.16. The Morgan fingerprint density at radius 2 is 1.94 bits per heavy atom. The molecule has 2 aromatic carbocycles.